The first-order valence-corrected chi connectivity index (χ1v) is 5.42. The molecule has 0 saturated carbocycles. The molecule has 0 aliphatic carbocycles. The summed E-state index contributed by atoms with van der Waals surface area (Å²) >= 11 is 0. The third kappa shape index (κ3) is 2.69. The Morgan fingerprint density at radius 3 is 2.40 bits per heavy atom. The van der Waals surface area contributed by atoms with Gasteiger partial charge in [0.25, 0.3) is 0 Å². The molecule has 102 valence electrons. The second-order valence-electron chi connectivity index (χ2n) is 3.58. The summed E-state index contributed by atoms with van der Waals surface area (Å²) in [6, 6.07) is 6.04. The van der Waals surface area contributed by atoms with E-state index in [9.17, 15) is 14.9 Å². The number of carbonyl (C=O) groups is 1. The minimum absolute atomic E-state index is 0.190. The Hall–Kier alpha value is -3.03. The first-order valence-electron chi connectivity index (χ1n) is 5.42. The summed E-state index contributed by atoms with van der Waals surface area (Å²) in [5, 5.41) is 11.0. The van der Waals surface area contributed by atoms with Crippen LogP contribution in [-0.4, -0.2) is 28.3 Å². The van der Waals surface area contributed by atoms with Crippen molar-refractivity contribution in [2.45, 2.75) is 0 Å². The van der Waals surface area contributed by atoms with Crippen LogP contribution in [0.5, 0.6) is 17.5 Å². The molecule has 0 radical (unpaired) electrons. The van der Waals surface area contributed by atoms with Crippen molar-refractivity contribution in [1.82, 2.24) is 9.97 Å². The summed E-state index contributed by atoms with van der Waals surface area (Å²) in [7, 11) is 1.26. The predicted octanol–water partition coefficient (Wildman–Crippen LogP) is 2.00. The summed E-state index contributed by atoms with van der Waals surface area (Å²) in [4.78, 5) is 28.2. The van der Waals surface area contributed by atoms with Gasteiger partial charge in [0.2, 0.25) is 0 Å². The van der Waals surface area contributed by atoms with Crippen LogP contribution in [0.2, 0.25) is 0 Å². The van der Waals surface area contributed by atoms with E-state index >= 15 is 0 Å². The molecule has 0 bridgehead atoms. The lowest BCUT2D eigenvalue weighted by atomic mass is 10.2. The van der Waals surface area contributed by atoms with Crippen LogP contribution in [0.1, 0.15) is 10.4 Å². The van der Waals surface area contributed by atoms with E-state index < -0.39 is 10.6 Å². The van der Waals surface area contributed by atoms with Crippen LogP contribution in [0.25, 0.3) is 0 Å². The SMILES string of the molecule is COc1ncnc(Oc2ccc(C=O)cc2)c1[N+](=O)[O-]. The number of nitrogens with zero attached hydrogens (tertiary/aromatic N) is 3. The van der Waals surface area contributed by atoms with E-state index in [1.54, 1.807) is 0 Å². The molecule has 0 amide bonds. The summed E-state index contributed by atoms with van der Waals surface area (Å²) in [5.74, 6) is -0.121. The molecule has 8 heteroatoms. The number of hydrogen-bond acceptors (Lipinski definition) is 7. The van der Waals surface area contributed by atoms with Gasteiger partial charge in [-0.2, -0.15) is 9.97 Å². The standard InChI is InChI=1S/C12H9N3O5/c1-19-11-10(15(17)18)12(14-7-13-11)20-9-4-2-8(6-16)3-5-9/h2-7H,1H3. The maximum absolute atomic E-state index is 11.0. The van der Waals surface area contributed by atoms with Gasteiger partial charge in [-0.05, 0) is 24.3 Å². The van der Waals surface area contributed by atoms with Crippen molar-refractivity contribution in [3.05, 3.63) is 46.3 Å². The van der Waals surface area contributed by atoms with Crippen molar-refractivity contribution in [1.29, 1.82) is 0 Å². The Bertz CT molecular complexity index is 642. The molecule has 0 spiro atoms. The highest BCUT2D eigenvalue weighted by molar-refractivity contribution is 5.74. The number of rotatable bonds is 5. The Morgan fingerprint density at radius 1 is 1.20 bits per heavy atom. The minimum atomic E-state index is -0.687. The Labute approximate surface area is 113 Å². The number of methoxy groups -OCH3 is 1. The molecule has 0 N–H and O–H groups in total. The molecule has 2 aromatic rings. The highest BCUT2D eigenvalue weighted by Gasteiger charge is 2.25. The fourth-order valence-corrected chi connectivity index (χ4v) is 1.45. The molecule has 0 fully saturated rings. The van der Waals surface area contributed by atoms with Gasteiger partial charge in [-0.25, -0.2) is 0 Å². The molecule has 1 aromatic carbocycles. The Kier molecular flexibility index (Phi) is 3.85. The van der Waals surface area contributed by atoms with Gasteiger partial charge >= 0.3 is 17.4 Å². The minimum Gasteiger partial charge on any atom is -0.476 e. The van der Waals surface area contributed by atoms with Crippen LogP contribution in [-0.2, 0) is 0 Å². The Morgan fingerprint density at radius 2 is 1.85 bits per heavy atom. The van der Waals surface area contributed by atoms with Crippen LogP contribution in [0.15, 0.2) is 30.6 Å². The van der Waals surface area contributed by atoms with Crippen molar-refractivity contribution in [3.8, 4) is 17.5 Å². The predicted molar refractivity (Wildman–Crippen MR) is 67.1 cm³/mol. The van der Waals surface area contributed by atoms with Crippen LogP contribution < -0.4 is 9.47 Å². The number of ether oxygens (including phenoxy) is 2. The van der Waals surface area contributed by atoms with Gasteiger partial charge in [0.1, 0.15) is 18.4 Å². The number of aldehydes is 1. The smallest absolute Gasteiger partial charge is 0.392 e. The van der Waals surface area contributed by atoms with Crippen LogP contribution in [0.3, 0.4) is 0 Å². The van der Waals surface area contributed by atoms with Gasteiger partial charge in [-0.15, -0.1) is 0 Å². The van der Waals surface area contributed by atoms with E-state index in [4.69, 9.17) is 9.47 Å². The van der Waals surface area contributed by atoms with Gasteiger partial charge in [-0.1, -0.05) is 0 Å². The van der Waals surface area contributed by atoms with Gasteiger partial charge in [-0.3, -0.25) is 14.9 Å². The quantitative estimate of drug-likeness (QED) is 0.466. The first kappa shape index (κ1) is 13.4. The number of nitro groups is 1. The number of aromatic nitrogens is 2. The fraction of sp³-hybridized carbons (Fsp3) is 0.0833. The number of hydrogen-bond donors (Lipinski definition) is 0. The fourth-order valence-electron chi connectivity index (χ4n) is 1.45. The average molecular weight is 275 g/mol. The largest absolute Gasteiger partial charge is 0.476 e. The summed E-state index contributed by atoms with van der Waals surface area (Å²) in [6.45, 7) is 0. The van der Waals surface area contributed by atoms with Crippen molar-refractivity contribution < 1.29 is 19.2 Å². The molecule has 0 atom stereocenters. The number of carbonyl (C=O) groups excluding carboxylic acids is 1. The second-order valence-corrected chi connectivity index (χ2v) is 3.58. The van der Waals surface area contributed by atoms with Crippen molar-refractivity contribution >= 4 is 12.0 Å². The van der Waals surface area contributed by atoms with Gasteiger partial charge in [0, 0.05) is 5.56 Å². The number of benzene rings is 1. The van der Waals surface area contributed by atoms with Gasteiger partial charge in [0.05, 0.1) is 12.0 Å². The van der Waals surface area contributed by atoms with Crippen LogP contribution in [0.4, 0.5) is 5.69 Å². The summed E-state index contributed by atoms with van der Waals surface area (Å²) < 4.78 is 10.1. The summed E-state index contributed by atoms with van der Waals surface area (Å²) in [5.41, 5.74) is 0.00146. The molecule has 0 aliphatic rings. The van der Waals surface area contributed by atoms with Crippen molar-refractivity contribution in [3.63, 3.8) is 0 Å². The van der Waals surface area contributed by atoms with Gasteiger partial charge in [0.15, 0.2) is 0 Å². The van der Waals surface area contributed by atoms with Crippen molar-refractivity contribution in [2.75, 3.05) is 7.11 Å². The first-order chi connectivity index (χ1) is 9.65. The van der Waals surface area contributed by atoms with Crippen LogP contribution >= 0.6 is 0 Å². The zero-order valence-electron chi connectivity index (χ0n) is 10.3. The molecular weight excluding hydrogens is 266 g/mol. The molecular formula is C12H9N3O5. The van der Waals surface area contributed by atoms with E-state index in [1.807, 2.05) is 0 Å². The molecule has 20 heavy (non-hydrogen) atoms. The monoisotopic (exact) mass is 275 g/mol. The zero-order chi connectivity index (χ0) is 14.5. The lowest BCUT2D eigenvalue weighted by Crippen LogP contribution is -2.01. The molecule has 1 aromatic heterocycles. The highest BCUT2D eigenvalue weighted by Crippen LogP contribution is 2.34. The maximum Gasteiger partial charge on any atom is 0.392 e. The molecule has 0 saturated heterocycles. The highest BCUT2D eigenvalue weighted by atomic mass is 16.6. The zero-order valence-corrected chi connectivity index (χ0v) is 10.3. The summed E-state index contributed by atoms with van der Waals surface area (Å²) in [6.07, 6.45) is 1.78. The van der Waals surface area contributed by atoms with E-state index in [1.165, 1.54) is 31.4 Å². The van der Waals surface area contributed by atoms with E-state index in [0.717, 1.165) is 6.33 Å². The lowest BCUT2D eigenvalue weighted by Gasteiger charge is -2.06. The average Bonchev–Trinajstić information content (AvgIpc) is 2.47. The molecule has 8 nitrogen and oxygen atoms in total. The lowest BCUT2D eigenvalue weighted by molar-refractivity contribution is -0.387. The molecule has 0 aliphatic heterocycles. The third-order valence-corrected chi connectivity index (χ3v) is 2.36. The van der Waals surface area contributed by atoms with E-state index in [2.05, 4.69) is 9.97 Å². The van der Waals surface area contributed by atoms with E-state index in [-0.39, 0.29) is 11.8 Å². The maximum atomic E-state index is 11.0. The topological polar surface area (TPSA) is 104 Å². The van der Waals surface area contributed by atoms with Crippen molar-refractivity contribution in [2.24, 2.45) is 0 Å². The van der Waals surface area contributed by atoms with Gasteiger partial charge < -0.3 is 9.47 Å². The normalized spacial score (nSPS) is 9.85. The van der Waals surface area contributed by atoms with E-state index in [0.29, 0.717) is 17.6 Å². The van der Waals surface area contributed by atoms with Crippen LogP contribution in [0, 0.1) is 10.1 Å². The molecule has 1 heterocycles. The molecule has 2 rings (SSSR count). The second kappa shape index (κ2) is 5.74. The molecule has 0 unspecified atom stereocenters. The Balaban J connectivity index is 2.37. The third-order valence-electron chi connectivity index (χ3n) is 2.36.